The first-order valence-electron chi connectivity index (χ1n) is 10.7. The zero-order valence-corrected chi connectivity index (χ0v) is 20.1. The van der Waals surface area contributed by atoms with Gasteiger partial charge < -0.3 is 4.90 Å². The number of sulfonamides is 1. The molecule has 7 nitrogen and oxygen atoms in total. The summed E-state index contributed by atoms with van der Waals surface area (Å²) in [5.74, 6) is -0.490. The van der Waals surface area contributed by atoms with Gasteiger partial charge >= 0.3 is 0 Å². The Labute approximate surface area is 194 Å². The molecule has 0 saturated carbocycles. The summed E-state index contributed by atoms with van der Waals surface area (Å²) in [4.78, 5) is 14.5. The minimum Gasteiger partial charge on any atom is -0.342 e. The average molecular weight is 473 g/mol. The first-order valence-corrected chi connectivity index (χ1v) is 12.2. The maximum absolute atomic E-state index is 13.4. The number of aryl methyl sites for hydroxylation is 1. The monoisotopic (exact) mass is 472 g/mol. The van der Waals surface area contributed by atoms with Crippen molar-refractivity contribution in [2.24, 2.45) is 0 Å². The Morgan fingerprint density at radius 3 is 2.42 bits per heavy atom. The molecule has 0 saturated heterocycles. The number of benzene rings is 2. The summed E-state index contributed by atoms with van der Waals surface area (Å²) in [6.45, 7) is 4.12. The Bertz CT molecular complexity index is 1210. The molecule has 176 valence electrons. The third kappa shape index (κ3) is 5.85. The summed E-state index contributed by atoms with van der Waals surface area (Å²) >= 11 is 0. The number of rotatable bonds is 9. The molecule has 1 amide bonds. The van der Waals surface area contributed by atoms with Crippen molar-refractivity contribution in [2.45, 2.75) is 37.6 Å². The summed E-state index contributed by atoms with van der Waals surface area (Å²) in [5.41, 5.74) is 2.71. The van der Waals surface area contributed by atoms with Crippen LogP contribution in [0.4, 0.5) is 4.39 Å². The SMILES string of the molecule is CC(C)N(C)S(=O)(=O)c1ccc(C(=O)N(C)CCCc2cc(-c3cccc(F)c3)n[nH]2)cc1. The minimum atomic E-state index is -3.59. The summed E-state index contributed by atoms with van der Waals surface area (Å²) in [5, 5.41) is 7.19. The number of amides is 1. The summed E-state index contributed by atoms with van der Waals surface area (Å²) in [6.07, 6.45) is 1.39. The van der Waals surface area contributed by atoms with Crippen LogP contribution in [0.25, 0.3) is 11.3 Å². The Kier molecular flexibility index (Phi) is 7.65. The van der Waals surface area contributed by atoms with Crippen molar-refractivity contribution in [3.05, 3.63) is 71.7 Å². The molecule has 0 fully saturated rings. The molecule has 0 radical (unpaired) electrons. The molecule has 1 N–H and O–H groups in total. The topological polar surface area (TPSA) is 86.4 Å². The lowest BCUT2D eigenvalue weighted by Gasteiger charge is -2.21. The van der Waals surface area contributed by atoms with Crippen LogP contribution in [0, 0.1) is 5.82 Å². The van der Waals surface area contributed by atoms with Gasteiger partial charge in [0.2, 0.25) is 10.0 Å². The van der Waals surface area contributed by atoms with Crippen LogP contribution in [-0.2, 0) is 16.4 Å². The molecular weight excluding hydrogens is 443 g/mol. The van der Waals surface area contributed by atoms with Crippen molar-refractivity contribution in [3.63, 3.8) is 0 Å². The molecule has 0 aliphatic heterocycles. The smallest absolute Gasteiger partial charge is 0.253 e. The van der Waals surface area contributed by atoms with Crippen LogP contribution in [0.3, 0.4) is 0 Å². The van der Waals surface area contributed by atoms with Gasteiger partial charge in [-0.15, -0.1) is 0 Å². The Hall–Kier alpha value is -3.04. The number of halogens is 1. The molecule has 0 aliphatic rings. The molecule has 0 bridgehead atoms. The van der Waals surface area contributed by atoms with Gasteiger partial charge in [0.1, 0.15) is 5.82 Å². The van der Waals surface area contributed by atoms with Crippen molar-refractivity contribution in [1.82, 2.24) is 19.4 Å². The lowest BCUT2D eigenvalue weighted by atomic mass is 10.1. The molecule has 33 heavy (non-hydrogen) atoms. The van der Waals surface area contributed by atoms with E-state index in [9.17, 15) is 17.6 Å². The van der Waals surface area contributed by atoms with E-state index in [1.54, 1.807) is 50.1 Å². The minimum absolute atomic E-state index is 0.159. The highest BCUT2D eigenvalue weighted by Crippen LogP contribution is 2.20. The van der Waals surface area contributed by atoms with E-state index in [1.165, 1.54) is 35.6 Å². The highest BCUT2D eigenvalue weighted by Gasteiger charge is 2.23. The fraction of sp³-hybridized carbons (Fsp3) is 0.333. The van der Waals surface area contributed by atoms with E-state index < -0.39 is 10.0 Å². The van der Waals surface area contributed by atoms with Gasteiger partial charge in [0.15, 0.2) is 0 Å². The molecule has 0 aliphatic carbocycles. The highest BCUT2D eigenvalue weighted by molar-refractivity contribution is 7.89. The van der Waals surface area contributed by atoms with Crippen molar-refractivity contribution in [1.29, 1.82) is 0 Å². The molecular formula is C24H29FN4O3S. The Morgan fingerprint density at radius 2 is 1.79 bits per heavy atom. The first kappa shape index (κ1) is 24.6. The van der Waals surface area contributed by atoms with Gasteiger partial charge in [-0.1, -0.05) is 12.1 Å². The molecule has 9 heteroatoms. The van der Waals surface area contributed by atoms with E-state index in [4.69, 9.17) is 0 Å². The van der Waals surface area contributed by atoms with E-state index in [0.717, 1.165) is 5.69 Å². The second-order valence-electron chi connectivity index (χ2n) is 8.26. The number of hydrogen-bond donors (Lipinski definition) is 1. The normalized spacial score (nSPS) is 11.8. The van der Waals surface area contributed by atoms with Crippen LogP contribution >= 0.6 is 0 Å². The van der Waals surface area contributed by atoms with Crippen molar-refractivity contribution in [2.75, 3.05) is 20.6 Å². The fourth-order valence-electron chi connectivity index (χ4n) is 3.33. The molecule has 0 atom stereocenters. The van der Waals surface area contributed by atoms with Crippen molar-refractivity contribution >= 4 is 15.9 Å². The maximum Gasteiger partial charge on any atom is 0.253 e. The van der Waals surface area contributed by atoms with Crippen molar-refractivity contribution in [3.8, 4) is 11.3 Å². The van der Waals surface area contributed by atoms with Gasteiger partial charge in [-0.2, -0.15) is 9.40 Å². The quantitative estimate of drug-likeness (QED) is 0.511. The molecule has 3 aromatic rings. The second kappa shape index (κ2) is 10.3. The van der Waals surface area contributed by atoms with Gasteiger partial charge in [-0.05, 0) is 69.2 Å². The number of carbonyl (C=O) groups is 1. The first-order chi connectivity index (χ1) is 15.6. The summed E-state index contributed by atoms with van der Waals surface area (Å²) < 4.78 is 39.9. The predicted octanol–water partition coefficient (Wildman–Crippen LogP) is 3.95. The highest BCUT2D eigenvalue weighted by atomic mass is 32.2. The number of aromatic nitrogens is 2. The molecule has 0 unspecified atom stereocenters. The van der Waals surface area contributed by atoms with E-state index >= 15 is 0 Å². The van der Waals surface area contributed by atoms with Crippen LogP contribution in [-0.4, -0.2) is 60.4 Å². The van der Waals surface area contributed by atoms with Gasteiger partial charge in [-0.25, -0.2) is 12.8 Å². The van der Waals surface area contributed by atoms with Crippen LogP contribution in [0.1, 0.15) is 36.3 Å². The zero-order chi connectivity index (χ0) is 24.2. The summed E-state index contributed by atoms with van der Waals surface area (Å²) in [6, 6.07) is 14.0. The molecule has 3 rings (SSSR count). The van der Waals surface area contributed by atoms with Crippen LogP contribution < -0.4 is 0 Å². The van der Waals surface area contributed by atoms with E-state index in [-0.39, 0.29) is 22.7 Å². The number of carbonyl (C=O) groups excluding carboxylic acids is 1. The lowest BCUT2D eigenvalue weighted by molar-refractivity contribution is 0.0793. The zero-order valence-electron chi connectivity index (χ0n) is 19.2. The number of aromatic amines is 1. The molecule has 1 aromatic heterocycles. The Morgan fingerprint density at radius 1 is 1.09 bits per heavy atom. The molecule has 2 aromatic carbocycles. The van der Waals surface area contributed by atoms with E-state index in [2.05, 4.69) is 10.2 Å². The fourth-order valence-corrected chi connectivity index (χ4v) is 4.69. The third-order valence-electron chi connectivity index (χ3n) is 5.54. The molecule has 1 heterocycles. The second-order valence-corrected chi connectivity index (χ2v) is 10.3. The van der Waals surface area contributed by atoms with E-state index in [1.807, 2.05) is 6.07 Å². The van der Waals surface area contributed by atoms with Crippen LogP contribution in [0.2, 0.25) is 0 Å². The number of hydrogen-bond acceptors (Lipinski definition) is 4. The van der Waals surface area contributed by atoms with E-state index in [0.29, 0.717) is 36.2 Å². The van der Waals surface area contributed by atoms with Crippen LogP contribution in [0.15, 0.2) is 59.5 Å². The predicted molar refractivity (Wildman–Crippen MR) is 126 cm³/mol. The number of nitrogens with one attached hydrogen (secondary N) is 1. The largest absolute Gasteiger partial charge is 0.342 e. The standard InChI is InChI=1S/C24H29FN4O3S/c1-17(2)29(4)33(31,32)22-12-10-18(11-13-22)24(30)28(3)14-6-9-21-16-23(27-26-21)19-7-5-8-20(25)15-19/h5,7-8,10-13,15-17H,6,9,14H2,1-4H3,(H,26,27). The average Bonchev–Trinajstić information content (AvgIpc) is 3.27. The van der Waals surface area contributed by atoms with Gasteiger partial charge in [0.25, 0.3) is 5.91 Å². The van der Waals surface area contributed by atoms with Gasteiger partial charge in [0, 0.05) is 43.5 Å². The maximum atomic E-state index is 13.4. The van der Waals surface area contributed by atoms with Gasteiger partial charge in [-0.3, -0.25) is 9.89 Å². The summed E-state index contributed by atoms with van der Waals surface area (Å²) in [7, 11) is -0.340. The number of H-pyrrole nitrogens is 1. The van der Waals surface area contributed by atoms with Crippen LogP contribution in [0.5, 0.6) is 0 Å². The number of nitrogens with zero attached hydrogens (tertiary/aromatic N) is 3. The molecule has 0 spiro atoms. The third-order valence-corrected chi connectivity index (χ3v) is 7.59. The lowest BCUT2D eigenvalue weighted by Crippen LogP contribution is -2.33. The van der Waals surface area contributed by atoms with Crippen molar-refractivity contribution < 1.29 is 17.6 Å². The van der Waals surface area contributed by atoms with Gasteiger partial charge in [0.05, 0.1) is 10.6 Å². The Balaban J connectivity index is 1.56.